The summed E-state index contributed by atoms with van der Waals surface area (Å²) >= 11 is 0. The number of hydrogen-bond acceptors (Lipinski definition) is 3. The van der Waals surface area contributed by atoms with Crippen molar-refractivity contribution in [3.05, 3.63) is 29.8 Å². The number of benzene rings is 1. The summed E-state index contributed by atoms with van der Waals surface area (Å²) in [6, 6.07) is 7.95. The highest BCUT2D eigenvalue weighted by Crippen LogP contribution is 2.32. The van der Waals surface area contributed by atoms with E-state index in [4.69, 9.17) is 5.73 Å². The van der Waals surface area contributed by atoms with Crippen molar-refractivity contribution in [2.75, 3.05) is 5.32 Å². The van der Waals surface area contributed by atoms with Gasteiger partial charge in [0.15, 0.2) is 0 Å². The van der Waals surface area contributed by atoms with Gasteiger partial charge in [0, 0.05) is 30.7 Å². The summed E-state index contributed by atoms with van der Waals surface area (Å²) in [6.45, 7) is 0.507. The Morgan fingerprint density at radius 3 is 2.39 bits per heavy atom. The van der Waals surface area contributed by atoms with E-state index in [1.54, 1.807) is 12.1 Å². The van der Waals surface area contributed by atoms with Crippen molar-refractivity contribution in [2.45, 2.75) is 50.7 Å². The van der Waals surface area contributed by atoms with E-state index in [0.717, 1.165) is 18.4 Å². The molecule has 2 saturated heterocycles. The van der Waals surface area contributed by atoms with E-state index in [1.807, 2.05) is 12.1 Å². The van der Waals surface area contributed by atoms with Crippen molar-refractivity contribution in [3.63, 3.8) is 0 Å². The number of carbonyl (C=O) groups excluding carboxylic acids is 2. The molecule has 6 nitrogen and oxygen atoms in total. The molecular weight excluding hydrogens is 292 g/mol. The Bertz CT molecular complexity index is 560. The fourth-order valence-electron chi connectivity index (χ4n) is 3.72. The largest absolute Gasteiger partial charge is 0.352 e. The highest BCUT2D eigenvalue weighted by Gasteiger charge is 2.34. The molecule has 2 aliphatic heterocycles. The topological polar surface area (TPSA) is 96.2 Å². The maximum Gasteiger partial charge on any atom is 0.316 e. The van der Waals surface area contributed by atoms with Crippen LogP contribution in [0.4, 0.5) is 10.5 Å². The Hall–Kier alpha value is -2.08. The van der Waals surface area contributed by atoms with Gasteiger partial charge in [-0.1, -0.05) is 12.1 Å². The van der Waals surface area contributed by atoms with Crippen molar-refractivity contribution < 1.29 is 9.59 Å². The van der Waals surface area contributed by atoms with E-state index in [0.29, 0.717) is 36.7 Å². The van der Waals surface area contributed by atoms with Crippen molar-refractivity contribution in [1.29, 1.82) is 0 Å². The molecule has 2 heterocycles. The van der Waals surface area contributed by atoms with E-state index in [2.05, 4.69) is 16.0 Å². The molecule has 2 unspecified atom stereocenters. The summed E-state index contributed by atoms with van der Waals surface area (Å²) in [7, 11) is 0. The Morgan fingerprint density at radius 2 is 1.78 bits per heavy atom. The minimum absolute atomic E-state index is 0.121. The molecule has 6 heteroatoms. The number of nitrogens with two attached hydrogens (primary N) is 1. The number of rotatable bonds is 5. The Labute approximate surface area is 136 Å². The first kappa shape index (κ1) is 15.8. The average molecular weight is 316 g/mol. The standard InChI is InChI=1S/C17H24N4O2/c18-17(23)21-13-3-1-11(2-4-13)10-19-16(22)9-12-7-14-5-6-15(8-12)20-14/h1-4,12,14-15,20H,5-10H2,(H,19,22)(H3,18,21,23). The smallest absolute Gasteiger partial charge is 0.316 e. The van der Waals surface area contributed by atoms with Crippen LogP contribution in [0.2, 0.25) is 0 Å². The molecule has 0 saturated carbocycles. The number of nitrogens with one attached hydrogen (secondary N) is 3. The van der Waals surface area contributed by atoms with Crippen LogP contribution in [0.25, 0.3) is 0 Å². The summed E-state index contributed by atoms with van der Waals surface area (Å²) in [5.41, 5.74) is 6.71. The maximum absolute atomic E-state index is 12.1. The molecule has 0 aromatic heterocycles. The Kier molecular flexibility index (Phi) is 4.81. The van der Waals surface area contributed by atoms with Crippen LogP contribution in [0.5, 0.6) is 0 Å². The van der Waals surface area contributed by atoms with Crippen LogP contribution in [0.1, 0.15) is 37.7 Å². The molecule has 1 aromatic carbocycles. The molecule has 2 bridgehead atoms. The number of hydrogen-bond donors (Lipinski definition) is 4. The number of anilines is 1. The summed E-state index contributed by atoms with van der Waals surface area (Å²) in [5.74, 6) is 0.631. The summed E-state index contributed by atoms with van der Waals surface area (Å²) in [5, 5.41) is 9.10. The number of piperidine rings is 1. The minimum atomic E-state index is -0.581. The van der Waals surface area contributed by atoms with E-state index in [9.17, 15) is 9.59 Å². The highest BCUT2D eigenvalue weighted by molar-refractivity contribution is 5.87. The van der Waals surface area contributed by atoms with Gasteiger partial charge in [0.2, 0.25) is 5.91 Å². The van der Waals surface area contributed by atoms with Gasteiger partial charge in [-0.3, -0.25) is 4.79 Å². The van der Waals surface area contributed by atoms with Gasteiger partial charge in [-0.05, 0) is 49.3 Å². The first-order chi connectivity index (χ1) is 11.1. The Balaban J connectivity index is 1.42. The second kappa shape index (κ2) is 7.00. The van der Waals surface area contributed by atoms with Crippen molar-refractivity contribution >= 4 is 17.6 Å². The van der Waals surface area contributed by atoms with Crippen molar-refractivity contribution in [2.24, 2.45) is 11.7 Å². The third-order valence-electron chi connectivity index (χ3n) is 4.76. The lowest BCUT2D eigenvalue weighted by atomic mass is 9.89. The average Bonchev–Trinajstić information content (AvgIpc) is 2.85. The molecule has 0 radical (unpaired) electrons. The summed E-state index contributed by atoms with van der Waals surface area (Å²) < 4.78 is 0. The van der Waals surface area contributed by atoms with Gasteiger partial charge >= 0.3 is 6.03 Å². The predicted octanol–water partition coefficient (Wildman–Crippen LogP) is 1.71. The van der Waals surface area contributed by atoms with E-state index in [-0.39, 0.29) is 5.91 Å². The van der Waals surface area contributed by atoms with Crippen LogP contribution in [-0.4, -0.2) is 24.0 Å². The fraction of sp³-hybridized carbons (Fsp3) is 0.529. The zero-order chi connectivity index (χ0) is 16.2. The van der Waals surface area contributed by atoms with Crippen LogP contribution in [0, 0.1) is 5.92 Å². The van der Waals surface area contributed by atoms with E-state index < -0.39 is 6.03 Å². The zero-order valence-electron chi connectivity index (χ0n) is 13.2. The van der Waals surface area contributed by atoms with Gasteiger partial charge in [0.25, 0.3) is 0 Å². The van der Waals surface area contributed by atoms with Crippen LogP contribution in [0.3, 0.4) is 0 Å². The number of carbonyl (C=O) groups is 2. The maximum atomic E-state index is 12.1. The minimum Gasteiger partial charge on any atom is -0.352 e. The molecule has 23 heavy (non-hydrogen) atoms. The number of primary amides is 1. The monoisotopic (exact) mass is 316 g/mol. The predicted molar refractivity (Wildman–Crippen MR) is 88.8 cm³/mol. The van der Waals surface area contributed by atoms with Gasteiger partial charge in [0.1, 0.15) is 0 Å². The van der Waals surface area contributed by atoms with Crippen molar-refractivity contribution in [1.82, 2.24) is 10.6 Å². The molecular formula is C17H24N4O2. The molecule has 3 rings (SSSR count). The first-order valence-electron chi connectivity index (χ1n) is 8.26. The third kappa shape index (κ3) is 4.45. The fourth-order valence-corrected chi connectivity index (χ4v) is 3.72. The molecule has 2 fully saturated rings. The van der Waals surface area contributed by atoms with Crippen molar-refractivity contribution in [3.8, 4) is 0 Å². The third-order valence-corrected chi connectivity index (χ3v) is 4.76. The second-order valence-electron chi connectivity index (χ2n) is 6.64. The summed E-state index contributed by atoms with van der Waals surface area (Å²) in [4.78, 5) is 22.9. The van der Waals surface area contributed by atoms with E-state index >= 15 is 0 Å². The van der Waals surface area contributed by atoms with Gasteiger partial charge < -0.3 is 21.7 Å². The van der Waals surface area contributed by atoms with Gasteiger partial charge in [0.05, 0.1) is 0 Å². The lowest BCUT2D eigenvalue weighted by Crippen LogP contribution is -2.39. The number of amides is 3. The van der Waals surface area contributed by atoms with Crippen LogP contribution >= 0.6 is 0 Å². The number of fused-ring (bicyclic) bond motifs is 2. The van der Waals surface area contributed by atoms with Crippen LogP contribution < -0.4 is 21.7 Å². The molecule has 2 aliphatic rings. The first-order valence-corrected chi connectivity index (χ1v) is 8.26. The number of urea groups is 1. The van der Waals surface area contributed by atoms with Crippen LogP contribution in [0.15, 0.2) is 24.3 Å². The molecule has 0 spiro atoms. The molecule has 124 valence electrons. The molecule has 5 N–H and O–H groups in total. The Morgan fingerprint density at radius 1 is 1.13 bits per heavy atom. The zero-order valence-corrected chi connectivity index (χ0v) is 13.2. The summed E-state index contributed by atoms with van der Waals surface area (Å²) in [6.07, 6.45) is 5.38. The lowest BCUT2D eigenvalue weighted by molar-refractivity contribution is -0.122. The molecule has 3 amide bonds. The van der Waals surface area contributed by atoms with Gasteiger partial charge in [-0.15, -0.1) is 0 Å². The highest BCUT2D eigenvalue weighted by atomic mass is 16.2. The van der Waals surface area contributed by atoms with Gasteiger partial charge in [-0.25, -0.2) is 4.79 Å². The molecule has 1 aromatic rings. The quantitative estimate of drug-likeness (QED) is 0.666. The molecule has 2 atom stereocenters. The lowest BCUT2D eigenvalue weighted by Gasteiger charge is -2.28. The van der Waals surface area contributed by atoms with Gasteiger partial charge in [-0.2, -0.15) is 0 Å². The second-order valence-corrected chi connectivity index (χ2v) is 6.64. The van der Waals surface area contributed by atoms with E-state index in [1.165, 1.54) is 12.8 Å². The van der Waals surface area contributed by atoms with Crippen LogP contribution in [-0.2, 0) is 11.3 Å². The molecule has 0 aliphatic carbocycles. The SMILES string of the molecule is NC(=O)Nc1ccc(CNC(=O)CC2CC3CCC(C2)N3)cc1. The normalized spacial score (nSPS) is 25.8.